The van der Waals surface area contributed by atoms with E-state index in [1.807, 2.05) is 53.1 Å². The molecule has 0 saturated carbocycles. The van der Waals surface area contributed by atoms with E-state index in [0.717, 1.165) is 36.2 Å². The van der Waals surface area contributed by atoms with Crippen LogP contribution in [0.15, 0.2) is 48.5 Å². The molecule has 1 fully saturated rings. The van der Waals surface area contributed by atoms with Gasteiger partial charge in [0.15, 0.2) is 0 Å². The normalized spacial score (nSPS) is 20.3. The van der Waals surface area contributed by atoms with Crippen molar-refractivity contribution in [2.75, 3.05) is 23.4 Å². The van der Waals surface area contributed by atoms with Gasteiger partial charge in [0.1, 0.15) is 6.04 Å². The third-order valence-corrected chi connectivity index (χ3v) is 6.33. The molecule has 2 aliphatic heterocycles. The summed E-state index contributed by atoms with van der Waals surface area (Å²) in [4.78, 5) is 32.7. The van der Waals surface area contributed by atoms with Crippen molar-refractivity contribution >= 4 is 34.5 Å². The largest absolute Gasteiger partial charge is 0.376 e. The van der Waals surface area contributed by atoms with Crippen LogP contribution in [0.3, 0.4) is 0 Å². The number of amides is 2. The number of ether oxygens (including phenoxy) is 1. The van der Waals surface area contributed by atoms with Gasteiger partial charge in [0.25, 0.3) is 5.91 Å². The van der Waals surface area contributed by atoms with E-state index in [-0.39, 0.29) is 24.3 Å². The first kappa shape index (κ1) is 20.7. The van der Waals surface area contributed by atoms with Crippen LogP contribution in [0.2, 0.25) is 0 Å². The molecule has 166 valence electrons. The van der Waals surface area contributed by atoms with Crippen molar-refractivity contribution in [2.45, 2.75) is 51.2 Å². The Hall–Kier alpha value is -3.19. The molecule has 1 N–H and O–H groups in total. The van der Waals surface area contributed by atoms with E-state index in [2.05, 4.69) is 19.2 Å². The van der Waals surface area contributed by atoms with Crippen LogP contribution in [0.4, 0.5) is 11.6 Å². The maximum Gasteiger partial charge on any atom is 0.253 e. The molecule has 2 unspecified atom stereocenters. The van der Waals surface area contributed by atoms with E-state index < -0.39 is 6.04 Å². The Labute approximate surface area is 187 Å². The first-order valence-electron chi connectivity index (χ1n) is 11.3. The van der Waals surface area contributed by atoms with Gasteiger partial charge in [0.2, 0.25) is 11.9 Å². The molecular formula is C25H28N4O3. The second kappa shape index (κ2) is 8.39. The first-order chi connectivity index (χ1) is 15.5. The number of nitrogens with zero attached hydrogens (tertiary/aromatic N) is 3. The Morgan fingerprint density at radius 3 is 2.69 bits per heavy atom. The molecule has 7 nitrogen and oxygen atoms in total. The number of nitrogens with one attached hydrogen (secondary N) is 1. The molecule has 2 amide bonds. The van der Waals surface area contributed by atoms with E-state index in [4.69, 9.17) is 9.72 Å². The van der Waals surface area contributed by atoms with Crippen molar-refractivity contribution < 1.29 is 14.3 Å². The molecule has 3 aromatic rings. The third-order valence-electron chi connectivity index (χ3n) is 6.33. The zero-order valence-electron chi connectivity index (χ0n) is 18.5. The lowest BCUT2D eigenvalue weighted by atomic mass is 10.0. The Kier molecular flexibility index (Phi) is 5.43. The maximum atomic E-state index is 13.4. The number of imidazole rings is 1. The van der Waals surface area contributed by atoms with Gasteiger partial charge in [-0.3, -0.25) is 19.1 Å². The summed E-state index contributed by atoms with van der Waals surface area (Å²) in [5, 5.41) is 2.95. The molecule has 2 aromatic carbocycles. The summed E-state index contributed by atoms with van der Waals surface area (Å²) < 4.78 is 7.67. The minimum Gasteiger partial charge on any atom is -0.376 e. The quantitative estimate of drug-likeness (QED) is 0.632. The van der Waals surface area contributed by atoms with Crippen molar-refractivity contribution in [3.63, 3.8) is 0 Å². The van der Waals surface area contributed by atoms with Crippen molar-refractivity contribution in [1.82, 2.24) is 9.55 Å². The average Bonchev–Trinajstić information content (AvgIpc) is 3.48. The summed E-state index contributed by atoms with van der Waals surface area (Å²) in [6.45, 7) is 5.46. The maximum absolute atomic E-state index is 13.4. The van der Waals surface area contributed by atoms with Gasteiger partial charge in [-0.1, -0.05) is 38.1 Å². The van der Waals surface area contributed by atoms with Crippen LogP contribution in [-0.2, 0) is 14.3 Å². The summed E-state index contributed by atoms with van der Waals surface area (Å²) in [6, 6.07) is 15.0. The highest BCUT2D eigenvalue weighted by atomic mass is 16.5. The SMILES string of the molecule is CC(C)c1ccc(NC(=O)CC2C(=O)N(CC3CCCO3)c3nc4ccccc4n32)cc1. The fraction of sp³-hybridized carbons (Fsp3) is 0.400. The Morgan fingerprint density at radius 1 is 1.19 bits per heavy atom. The zero-order valence-corrected chi connectivity index (χ0v) is 18.5. The number of carbonyl (C=O) groups is 2. The lowest BCUT2D eigenvalue weighted by Crippen LogP contribution is -2.37. The van der Waals surface area contributed by atoms with Crippen LogP contribution in [0.5, 0.6) is 0 Å². The summed E-state index contributed by atoms with van der Waals surface area (Å²) in [5.41, 5.74) is 3.64. The summed E-state index contributed by atoms with van der Waals surface area (Å²) in [5.74, 6) is 0.742. The number of aromatic nitrogens is 2. The molecule has 2 aliphatic rings. The number of benzene rings is 2. The topological polar surface area (TPSA) is 76.5 Å². The Morgan fingerprint density at radius 2 is 1.97 bits per heavy atom. The molecule has 1 aromatic heterocycles. The summed E-state index contributed by atoms with van der Waals surface area (Å²) in [6.07, 6.45) is 2.01. The highest BCUT2D eigenvalue weighted by Crippen LogP contribution is 2.37. The van der Waals surface area contributed by atoms with E-state index in [1.54, 1.807) is 4.90 Å². The molecule has 3 heterocycles. The first-order valence-corrected chi connectivity index (χ1v) is 11.3. The van der Waals surface area contributed by atoms with Gasteiger partial charge >= 0.3 is 0 Å². The third kappa shape index (κ3) is 3.77. The van der Waals surface area contributed by atoms with Crippen LogP contribution in [0, 0.1) is 0 Å². The van der Waals surface area contributed by atoms with E-state index >= 15 is 0 Å². The van der Waals surface area contributed by atoms with Crippen LogP contribution in [0.25, 0.3) is 11.0 Å². The molecule has 7 heteroatoms. The average molecular weight is 433 g/mol. The molecule has 2 atom stereocenters. The zero-order chi connectivity index (χ0) is 22.2. The molecule has 0 spiro atoms. The van der Waals surface area contributed by atoms with Gasteiger partial charge in [0.05, 0.1) is 30.1 Å². The molecule has 0 radical (unpaired) electrons. The Balaban J connectivity index is 1.39. The second-order valence-corrected chi connectivity index (χ2v) is 8.90. The number of hydrogen-bond donors (Lipinski definition) is 1. The van der Waals surface area contributed by atoms with Gasteiger partial charge in [-0.15, -0.1) is 0 Å². The predicted octanol–water partition coefficient (Wildman–Crippen LogP) is 4.26. The standard InChI is InChI=1S/C25H28N4O3/c1-16(2)17-9-11-18(12-10-17)26-23(30)14-22-24(31)28(15-19-6-5-13-32-19)25-27-20-7-3-4-8-21(20)29(22)25/h3-4,7-12,16,19,22H,5-6,13-15H2,1-2H3,(H,26,30). The number of para-hydroxylation sites is 2. The molecule has 32 heavy (non-hydrogen) atoms. The van der Waals surface area contributed by atoms with E-state index in [1.165, 1.54) is 5.56 Å². The van der Waals surface area contributed by atoms with Gasteiger partial charge in [0, 0.05) is 12.3 Å². The monoisotopic (exact) mass is 432 g/mol. The molecular weight excluding hydrogens is 404 g/mol. The van der Waals surface area contributed by atoms with Gasteiger partial charge in [-0.2, -0.15) is 0 Å². The highest BCUT2D eigenvalue weighted by Gasteiger charge is 2.42. The van der Waals surface area contributed by atoms with Gasteiger partial charge < -0.3 is 10.1 Å². The lowest BCUT2D eigenvalue weighted by Gasteiger charge is -2.19. The number of carbonyl (C=O) groups excluding carboxylic acids is 2. The van der Waals surface area contributed by atoms with Gasteiger partial charge in [-0.05, 0) is 48.6 Å². The molecule has 0 bridgehead atoms. The summed E-state index contributed by atoms with van der Waals surface area (Å²) in [7, 11) is 0. The van der Waals surface area contributed by atoms with Crippen molar-refractivity contribution in [3.8, 4) is 0 Å². The van der Waals surface area contributed by atoms with Gasteiger partial charge in [-0.25, -0.2) is 4.98 Å². The molecule has 5 rings (SSSR count). The summed E-state index contributed by atoms with van der Waals surface area (Å²) >= 11 is 0. The van der Waals surface area contributed by atoms with Crippen LogP contribution in [0.1, 0.15) is 50.6 Å². The molecule has 0 aliphatic carbocycles. The lowest BCUT2D eigenvalue weighted by molar-refractivity contribution is -0.124. The smallest absolute Gasteiger partial charge is 0.253 e. The van der Waals surface area contributed by atoms with E-state index in [0.29, 0.717) is 18.4 Å². The molecule has 1 saturated heterocycles. The van der Waals surface area contributed by atoms with E-state index in [9.17, 15) is 9.59 Å². The number of hydrogen-bond acceptors (Lipinski definition) is 4. The van der Waals surface area contributed by atoms with Crippen LogP contribution >= 0.6 is 0 Å². The fourth-order valence-corrected chi connectivity index (χ4v) is 4.60. The number of rotatable bonds is 6. The van der Waals surface area contributed by atoms with Crippen LogP contribution < -0.4 is 10.2 Å². The fourth-order valence-electron chi connectivity index (χ4n) is 4.60. The highest BCUT2D eigenvalue weighted by molar-refractivity contribution is 6.05. The number of fused-ring (bicyclic) bond motifs is 3. The minimum atomic E-state index is -0.617. The Bertz CT molecular complexity index is 1150. The van der Waals surface area contributed by atoms with Crippen LogP contribution in [-0.4, -0.2) is 40.6 Å². The van der Waals surface area contributed by atoms with Crippen molar-refractivity contribution in [2.24, 2.45) is 0 Å². The minimum absolute atomic E-state index is 0.0132. The van der Waals surface area contributed by atoms with Crippen molar-refractivity contribution in [3.05, 3.63) is 54.1 Å². The van der Waals surface area contributed by atoms with Crippen molar-refractivity contribution in [1.29, 1.82) is 0 Å². The second-order valence-electron chi connectivity index (χ2n) is 8.90. The number of anilines is 2. The predicted molar refractivity (Wildman–Crippen MR) is 124 cm³/mol.